The predicted molar refractivity (Wildman–Crippen MR) is 105 cm³/mol. The van der Waals surface area contributed by atoms with Crippen molar-refractivity contribution in [3.05, 3.63) is 65.7 Å². The minimum absolute atomic E-state index is 0.182. The Morgan fingerprint density at radius 3 is 2.18 bits per heavy atom. The zero-order valence-corrected chi connectivity index (χ0v) is 16.5. The third kappa shape index (κ3) is 3.57. The molecular weight excluding hydrogens is 376 g/mol. The lowest BCUT2D eigenvalue weighted by molar-refractivity contribution is 0.0730. The van der Waals surface area contributed by atoms with Crippen molar-refractivity contribution in [1.29, 1.82) is 0 Å². The van der Waals surface area contributed by atoms with Crippen LogP contribution in [0.25, 0.3) is 0 Å². The van der Waals surface area contributed by atoms with Crippen molar-refractivity contribution >= 4 is 15.9 Å². The summed E-state index contributed by atoms with van der Waals surface area (Å²) in [5.74, 6) is -0.182. The first kappa shape index (κ1) is 19.1. The van der Waals surface area contributed by atoms with E-state index in [1.165, 1.54) is 16.4 Å². The number of sulfonamides is 1. The standard InChI is InChI=1S/C21H24N2O4S/c24-20(22-21(11-4-12-21)18-5-2-1-3-6-18)17-7-9-19(10-8-17)28(25,26)23-13-15-27-16-14-23/h1-3,5-10H,4,11-16H2,(H,22,24). The van der Waals surface area contributed by atoms with Crippen LogP contribution in [-0.4, -0.2) is 44.9 Å². The molecule has 1 N–H and O–H groups in total. The molecule has 2 aromatic rings. The van der Waals surface area contributed by atoms with Crippen molar-refractivity contribution in [3.8, 4) is 0 Å². The van der Waals surface area contributed by atoms with Crippen molar-refractivity contribution in [3.63, 3.8) is 0 Å². The summed E-state index contributed by atoms with van der Waals surface area (Å²) in [6.07, 6.45) is 2.89. The highest BCUT2D eigenvalue weighted by atomic mass is 32.2. The fourth-order valence-corrected chi connectivity index (χ4v) is 5.19. The second kappa shape index (κ2) is 7.66. The molecule has 4 rings (SSSR count). The number of morpholine rings is 1. The number of nitrogens with one attached hydrogen (secondary N) is 1. The van der Waals surface area contributed by atoms with E-state index in [2.05, 4.69) is 5.32 Å². The highest BCUT2D eigenvalue weighted by Crippen LogP contribution is 2.41. The zero-order valence-electron chi connectivity index (χ0n) is 15.6. The number of carbonyl (C=O) groups is 1. The summed E-state index contributed by atoms with van der Waals surface area (Å²) in [5.41, 5.74) is 1.25. The molecule has 0 spiro atoms. The van der Waals surface area contributed by atoms with Gasteiger partial charge in [0.2, 0.25) is 10.0 Å². The molecule has 1 aliphatic heterocycles. The van der Waals surface area contributed by atoms with Crippen LogP contribution in [0, 0.1) is 0 Å². The van der Waals surface area contributed by atoms with Crippen LogP contribution in [0.1, 0.15) is 35.2 Å². The van der Waals surface area contributed by atoms with Gasteiger partial charge in [0.05, 0.1) is 23.6 Å². The smallest absolute Gasteiger partial charge is 0.251 e. The molecule has 1 heterocycles. The van der Waals surface area contributed by atoms with Crippen LogP contribution in [0.4, 0.5) is 0 Å². The van der Waals surface area contributed by atoms with Gasteiger partial charge in [-0.3, -0.25) is 4.79 Å². The van der Waals surface area contributed by atoms with E-state index >= 15 is 0 Å². The molecule has 1 aliphatic carbocycles. The van der Waals surface area contributed by atoms with E-state index in [1.807, 2.05) is 30.3 Å². The third-order valence-corrected chi connectivity index (χ3v) is 7.52. The molecular formula is C21H24N2O4S. The summed E-state index contributed by atoms with van der Waals surface area (Å²) in [6, 6.07) is 16.2. The van der Waals surface area contributed by atoms with Crippen LogP contribution in [0.3, 0.4) is 0 Å². The van der Waals surface area contributed by atoms with Gasteiger partial charge < -0.3 is 10.1 Å². The van der Waals surface area contributed by atoms with Gasteiger partial charge in [-0.1, -0.05) is 30.3 Å². The van der Waals surface area contributed by atoms with E-state index < -0.39 is 10.0 Å². The monoisotopic (exact) mass is 400 g/mol. The van der Waals surface area contributed by atoms with E-state index in [0.29, 0.717) is 31.9 Å². The highest BCUT2D eigenvalue weighted by Gasteiger charge is 2.40. The first-order valence-corrected chi connectivity index (χ1v) is 11.0. The first-order valence-electron chi connectivity index (χ1n) is 9.57. The number of rotatable bonds is 5. The van der Waals surface area contributed by atoms with E-state index in [1.54, 1.807) is 12.1 Å². The van der Waals surface area contributed by atoms with Crippen molar-refractivity contribution in [2.75, 3.05) is 26.3 Å². The third-order valence-electron chi connectivity index (χ3n) is 5.61. The molecule has 2 aromatic carbocycles. The number of nitrogens with zero attached hydrogens (tertiary/aromatic N) is 1. The number of ether oxygens (including phenoxy) is 1. The van der Waals surface area contributed by atoms with Crippen LogP contribution in [0.15, 0.2) is 59.5 Å². The van der Waals surface area contributed by atoms with E-state index in [0.717, 1.165) is 24.8 Å². The van der Waals surface area contributed by atoms with Crippen LogP contribution in [0.2, 0.25) is 0 Å². The van der Waals surface area contributed by atoms with Crippen molar-refractivity contribution in [1.82, 2.24) is 9.62 Å². The molecule has 6 nitrogen and oxygen atoms in total. The molecule has 148 valence electrons. The zero-order chi connectivity index (χ0) is 19.6. The Kier molecular flexibility index (Phi) is 5.23. The lowest BCUT2D eigenvalue weighted by Gasteiger charge is -2.43. The van der Waals surface area contributed by atoms with E-state index in [-0.39, 0.29) is 16.3 Å². The Morgan fingerprint density at radius 1 is 0.964 bits per heavy atom. The second-order valence-electron chi connectivity index (χ2n) is 7.30. The molecule has 0 unspecified atom stereocenters. The van der Waals surface area contributed by atoms with Crippen molar-refractivity contribution < 1.29 is 17.9 Å². The SMILES string of the molecule is O=C(NC1(c2ccccc2)CCC1)c1ccc(S(=O)(=O)N2CCOCC2)cc1. The van der Waals surface area contributed by atoms with Gasteiger partial charge in [-0.25, -0.2) is 8.42 Å². The summed E-state index contributed by atoms with van der Waals surface area (Å²) >= 11 is 0. The minimum atomic E-state index is -3.55. The fourth-order valence-electron chi connectivity index (χ4n) is 3.78. The molecule has 0 bridgehead atoms. The number of benzene rings is 2. The second-order valence-corrected chi connectivity index (χ2v) is 9.23. The fraction of sp³-hybridized carbons (Fsp3) is 0.381. The van der Waals surface area contributed by atoms with Crippen molar-refractivity contribution in [2.24, 2.45) is 0 Å². The Balaban J connectivity index is 1.50. The average Bonchev–Trinajstić information content (AvgIpc) is 2.72. The van der Waals surface area contributed by atoms with Crippen molar-refractivity contribution in [2.45, 2.75) is 29.7 Å². The first-order chi connectivity index (χ1) is 13.5. The average molecular weight is 401 g/mol. The molecule has 0 radical (unpaired) electrons. The summed E-state index contributed by atoms with van der Waals surface area (Å²) in [6.45, 7) is 1.51. The Morgan fingerprint density at radius 2 is 1.61 bits per heavy atom. The maximum absolute atomic E-state index is 12.8. The van der Waals surface area contributed by atoms with Crippen LogP contribution >= 0.6 is 0 Å². The predicted octanol–water partition coefficient (Wildman–Crippen LogP) is 2.52. The molecule has 28 heavy (non-hydrogen) atoms. The van der Waals surface area contributed by atoms with Gasteiger partial charge in [-0.2, -0.15) is 4.31 Å². The Hall–Kier alpha value is -2.22. The normalized spacial score (nSPS) is 19.6. The highest BCUT2D eigenvalue weighted by molar-refractivity contribution is 7.89. The lowest BCUT2D eigenvalue weighted by atomic mass is 9.71. The minimum Gasteiger partial charge on any atom is -0.379 e. The summed E-state index contributed by atoms with van der Waals surface area (Å²) in [7, 11) is -3.55. The van der Waals surface area contributed by atoms with Crippen LogP contribution < -0.4 is 5.32 Å². The molecule has 7 heteroatoms. The summed E-state index contributed by atoms with van der Waals surface area (Å²) < 4.78 is 32.1. The summed E-state index contributed by atoms with van der Waals surface area (Å²) in [4.78, 5) is 13.0. The largest absolute Gasteiger partial charge is 0.379 e. The Bertz CT molecular complexity index is 932. The number of amides is 1. The van der Waals surface area contributed by atoms with Crippen LogP contribution in [0.5, 0.6) is 0 Å². The molecule has 0 aromatic heterocycles. The van der Waals surface area contributed by atoms with Gasteiger partial charge in [-0.15, -0.1) is 0 Å². The van der Waals surface area contributed by atoms with E-state index in [9.17, 15) is 13.2 Å². The topological polar surface area (TPSA) is 75.7 Å². The number of hydrogen-bond acceptors (Lipinski definition) is 4. The van der Waals surface area contributed by atoms with Gasteiger partial charge in [0.1, 0.15) is 0 Å². The molecule has 2 fully saturated rings. The molecule has 0 atom stereocenters. The molecule has 2 aliphatic rings. The lowest BCUT2D eigenvalue weighted by Crippen LogP contribution is -2.50. The molecule has 1 saturated heterocycles. The van der Waals surface area contributed by atoms with Gasteiger partial charge in [0.25, 0.3) is 5.91 Å². The van der Waals surface area contributed by atoms with Gasteiger partial charge in [-0.05, 0) is 49.1 Å². The number of carbonyl (C=O) groups excluding carboxylic acids is 1. The van der Waals surface area contributed by atoms with Gasteiger partial charge in [0, 0.05) is 18.7 Å². The number of hydrogen-bond donors (Lipinski definition) is 1. The maximum Gasteiger partial charge on any atom is 0.251 e. The Labute approximate surface area is 165 Å². The maximum atomic E-state index is 12.8. The van der Waals surface area contributed by atoms with Crippen LogP contribution in [-0.2, 0) is 20.3 Å². The van der Waals surface area contributed by atoms with Gasteiger partial charge in [0.15, 0.2) is 0 Å². The van der Waals surface area contributed by atoms with Gasteiger partial charge >= 0.3 is 0 Å². The van der Waals surface area contributed by atoms with E-state index in [4.69, 9.17) is 4.74 Å². The molecule has 1 amide bonds. The summed E-state index contributed by atoms with van der Waals surface area (Å²) in [5, 5.41) is 3.17. The molecule has 1 saturated carbocycles. The quantitative estimate of drug-likeness (QED) is 0.837.